The van der Waals surface area contributed by atoms with E-state index < -0.39 is 0 Å². The van der Waals surface area contributed by atoms with Crippen molar-refractivity contribution in [1.29, 1.82) is 1.34 Å². The zero-order valence-corrected chi connectivity index (χ0v) is 5.41. The topological polar surface area (TPSA) is 0 Å². The van der Waals surface area contributed by atoms with Crippen molar-refractivity contribution in [2.24, 2.45) is 0 Å². The third kappa shape index (κ3) is 6.06. The van der Waals surface area contributed by atoms with Crippen LogP contribution in [0.3, 0.4) is 0 Å². The molecular weight excluding hydrogens is 82.9 g/mol. The van der Waals surface area contributed by atoms with Gasteiger partial charge in [0.25, 0.3) is 0 Å². The Morgan fingerprint density at radius 1 is 1.29 bits per heavy atom. The fraction of sp³-hybridized carbons (Fsp3) is 1.00. The fourth-order valence-corrected chi connectivity index (χ4v) is 0.553. The Balaban J connectivity index is 2.92. The van der Waals surface area contributed by atoms with Crippen LogP contribution in [0, 0.1) is 0 Å². The van der Waals surface area contributed by atoms with Crippen LogP contribution < -0.4 is 0 Å². The Morgan fingerprint density at radius 3 is 2.00 bits per heavy atom. The van der Waals surface area contributed by atoms with Gasteiger partial charge < -0.3 is 0 Å². The molecule has 7 heavy (non-hydrogen) atoms. The molecule has 42 valence electrons. The van der Waals surface area contributed by atoms with Gasteiger partial charge in [-0.1, -0.05) is 39.3 Å². The lowest BCUT2D eigenvalue weighted by atomic mass is 9.69. The van der Waals surface area contributed by atoms with E-state index in [2.05, 4.69) is 13.8 Å². The van der Waals surface area contributed by atoms with Gasteiger partial charge in [-0.05, 0) is 1.34 Å². The van der Waals surface area contributed by atoms with Crippen LogP contribution in [-0.4, -0.2) is 8.58 Å². The highest BCUT2D eigenvalue weighted by Gasteiger charge is 1.83. The van der Waals surface area contributed by atoms with Crippen LogP contribution in [0.5, 0.6) is 0 Å². The van der Waals surface area contributed by atoms with E-state index in [9.17, 15) is 0 Å². The molecule has 0 radical (unpaired) electrons. The lowest BCUT2D eigenvalue weighted by Gasteiger charge is -1.87. The molecule has 0 amide bonds. The summed E-state index contributed by atoms with van der Waals surface area (Å²) in [6, 6.07) is 0. The van der Waals surface area contributed by atoms with Crippen LogP contribution in [0.15, 0.2) is 0 Å². The first-order valence-corrected chi connectivity index (χ1v) is 3.23. The van der Waals surface area contributed by atoms with Gasteiger partial charge in [0.1, 0.15) is 7.24 Å². The summed E-state index contributed by atoms with van der Waals surface area (Å²) in [7, 11) is 0.213. The van der Waals surface area contributed by atoms with Crippen molar-refractivity contribution in [3.63, 3.8) is 0 Å². The summed E-state index contributed by atoms with van der Waals surface area (Å²) in [4.78, 5) is 0. The van der Waals surface area contributed by atoms with Gasteiger partial charge in [0, 0.05) is 0 Å². The molecule has 0 atom stereocenters. The average Bonchev–Trinajstić information content (AvgIpc) is 1.68. The van der Waals surface area contributed by atoms with Crippen molar-refractivity contribution in [1.82, 2.24) is 0 Å². The number of hydrogen-bond donors (Lipinski definition) is 0. The highest BCUT2D eigenvalue weighted by atomic mass is 13.7. The van der Waals surface area contributed by atoms with E-state index in [0.29, 0.717) is 0 Å². The molecule has 0 nitrogen and oxygen atoms in total. The molecule has 0 heterocycles. The molecule has 0 fully saturated rings. The SMILES string of the molecule is [2H]B(CCC)CCC. The summed E-state index contributed by atoms with van der Waals surface area (Å²) >= 11 is 0. The van der Waals surface area contributed by atoms with E-state index >= 15 is 0 Å². The van der Waals surface area contributed by atoms with Gasteiger partial charge in [0.15, 0.2) is 0 Å². The zero-order chi connectivity index (χ0) is 6.41. The molecule has 0 aliphatic rings. The third-order valence-electron chi connectivity index (χ3n) is 0.986. The van der Waals surface area contributed by atoms with Gasteiger partial charge in [-0.25, -0.2) is 0 Å². The van der Waals surface area contributed by atoms with Crippen LogP contribution in [0.1, 0.15) is 26.7 Å². The first-order chi connectivity index (χ1) is 3.81. The molecule has 0 aliphatic heterocycles. The molecular formula is C6H15B. The van der Waals surface area contributed by atoms with Crippen LogP contribution >= 0.6 is 0 Å². The van der Waals surface area contributed by atoms with Crippen molar-refractivity contribution < 1.29 is 0 Å². The molecule has 0 bridgehead atoms. The van der Waals surface area contributed by atoms with Gasteiger partial charge in [-0.3, -0.25) is 0 Å². The lowest BCUT2D eigenvalue weighted by molar-refractivity contribution is 1.02. The second kappa shape index (κ2) is 6.06. The van der Waals surface area contributed by atoms with Crippen molar-refractivity contribution in [2.45, 2.75) is 39.3 Å². The summed E-state index contributed by atoms with van der Waals surface area (Å²) in [5, 5.41) is 0. The smallest absolute Gasteiger partial charge is 0.0777 e. The summed E-state index contributed by atoms with van der Waals surface area (Å²) in [5.74, 6) is 0. The standard InChI is InChI=1S/C6H15B/c1-3-5-7-6-4-2/h7H,3-6H2,1-2H3/i7D. The Morgan fingerprint density at radius 2 is 1.71 bits per heavy atom. The molecule has 0 spiro atoms. The predicted molar refractivity (Wildman–Crippen MR) is 37.3 cm³/mol. The van der Waals surface area contributed by atoms with E-state index in [-0.39, 0.29) is 7.24 Å². The minimum Gasteiger partial charge on any atom is -0.0777 e. The van der Waals surface area contributed by atoms with Gasteiger partial charge >= 0.3 is 0 Å². The second-order valence-corrected chi connectivity index (χ2v) is 1.87. The fourth-order valence-electron chi connectivity index (χ4n) is 0.553. The summed E-state index contributed by atoms with van der Waals surface area (Å²) < 4.78 is 7.37. The molecule has 0 aliphatic carbocycles. The van der Waals surface area contributed by atoms with Crippen molar-refractivity contribution in [3.8, 4) is 0 Å². The molecule has 0 rings (SSSR count). The molecule has 0 aromatic heterocycles. The maximum absolute atomic E-state index is 7.37. The Bertz CT molecular complexity index is 41.8. The lowest BCUT2D eigenvalue weighted by Crippen LogP contribution is -1.84. The Hall–Kier alpha value is 0.0649. The summed E-state index contributed by atoms with van der Waals surface area (Å²) in [6.45, 7) is 4.27. The van der Waals surface area contributed by atoms with Crippen LogP contribution in [-0.2, 0) is 0 Å². The number of hydrogen-bond acceptors (Lipinski definition) is 0. The maximum atomic E-state index is 7.37. The molecule has 0 N–H and O–H groups in total. The first kappa shape index (κ1) is 5.21. The molecule has 0 unspecified atom stereocenters. The minimum atomic E-state index is 0.213. The van der Waals surface area contributed by atoms with Gasteiger partial charge in [-0.2, -0.15) is 0 Å². The van der Waals surface area contributed by atoms with Gasteiger partial charge in [-0.15, -0.1) is 0 Å². The van der Waals surface area contributed by atoms with Crippen LogP contribution in [0.4, 0.5) is 0 Å². The van der Waals surface area contributed by atoms with Crippen LogP contribution in [0.2, 0.25) is 12.6 Å². The molecule has 0 saturated carbocycles. The predicted octanol–water partition coefficient (Wildman–Crippen LogP) is 2.08. The largest absolute Gasteiger partial charge is 0.120 e. The van der Waals surface area contributed by atoms with Crippen molar-refractivity contribution >= 4 is 7.24 Å². The van der Waals surface area contributed by atoms with E-state index in [1.54, 1.807) is 0 Å². The monoisotopic (exact) mass is 99.1 g/mol. The summed E-state index contributed by atoms with van der Waals surface area (Å²) in [5.41, 5.74) is 0. The zero-order valence-electron chi connectivity index (χ0n) is 6.41. The highest BCUT2D eigenvalue weighted by molar-refractivity contribution is 6.35. The Labute approximate surface area is 48.9 Å². The second-order valence-electron chi connectivity index (χ2n) is 1.87. The summed E-state index contributed by atoms with van der Waals surface area (Å²) in [6.07, 6.45) is 4.48. The van der Waals surface area contributed by atoms with Crippen molar-refractivity contribution in [3.05, 3.63) is 0 Å². The van der Waals surface area contributed by atoms with E-state index in [1.165, 1.54) is 0 Å². The quantitative estimate of drug-likeness (QED) is 0.473. The molecule has 1 heteroatoms. The molecule has 0 saturated heterocycles. The van der Waals surface area contributed by atoms with Gasteiger partial charge in [0.05, 0.1) is 0 Å². The third-order valence-corrected chi connectivity index (χ3v) is 0.986. The van der Waals surface area contributed by atoms with Gasteiger partial charge in [0.2, 0.25) is 0 Å². The normalized spacial score (nSPS) is 10.9. The minimum absolute atomic E-state index is 0.213. The Kier molecular flexibility index (Phi) is 4.51. The average molecular weight is 99.0 g/mol. The first-order valence-electron chi connectivity index (χ1n) is 3.81. The van der Waals surface area contributed by atoms with E-state index in [4.69, 9.17) is 1.34 Å². The molecule has 0 aromatic carbocycles. The van der Waals surface area contributed by atoms with Crippen LogP contribution in [0.25, 0.3) is 0 Å². The van der Waals surface area contributed by atoms with E-state index in [0.717, 1.165) is 25.5 Å². The number of rotatable bonds is 4. The highest BCUT2D eigenvalue weighted by Crippen LogP contribution is 1.92. The molecule has 0 aromatic rings. The maximum Gasteiger partial charge on any atom is 0.120 e. The van der Waals surface area contributed by atoms with Crippen molar-refractivity contribution in [2.75, 3.05) is 0 Å². The van der Waals surface area contributed by atoms with E-state index in [1.807, 2.05) is 0 Å².